The van der Waals surface area contributed by atoms with E-state index >= 15 is 0 Å². The molecule has 0 aliphatic heterocycles. The first kappa shape index (κ1) is 13.0. The smallest absolute Gasteiger partial charge is 0.133 e. The molecule has 4 nitrogen and oxygen atoms in total. The molecular weight excluding hydrogens is 260 g/mol. The fraction of sp³-hybridized carbons (Fsp3) is 0. The van der Waals surface area contributed by atoms with Gasteiger partial charge in [-0.05, 0) is 42.0 Å². The number of nitrogens with zero attached hydrogens (tertiary/aromatic N) is 3. The summed E-state index contributed by atoms with van der Waals surface area (Å²) in [5, 5.41) is 3.22. The SMILES string of the molecule is C(=Cc1ccccn1)c1ccc(Nc2ccncn2)cc1. The van der Waals surface area contributed by atoms with E-state index < -0.39 is 0 Å². The van der Waals surface area contributed by atoms with Crippen LogP contribution in [-0.4, -0.2) is 15.0 Å². The lowest BCUT2D eigenvalue weighted by Gasteiger charge is -2.04. The molecule has 1 N–H and O–H groups in total. The standard InChI is InChI=1S/C17H14N4/c1-2-11-19-15(3-1)7-4-14-5-8-16(9-6-14)21-17-10-12-18-13-20-17/h1-13H,(H,18,20,21). The Balaban J connectivity index is 1.68. The number of aromatic nitrogens is 3. The third kappa shape index (κ3) is 3.73. The van der Waals surface area contributed by atoms with E-state index in [2.05, 4.69) is 20.3 Å². The molecule has 2 aromatic heterocycles. The van der Waals surface area contributed by atoms with Crippen molar-refractivity contribution in [3.05, 3.63) is 78.5 Å². The van der Waals surface area contributed by atoms with Gasteiger partial charge in [0.05, 0.1) is 5.69 Å². The topological polar surface area (TPSA) is 50.7 Å². The molecule has 0 amide bonds. The molecule has 21 heavy (non-hydrogen) atoms. The van der Waals surface area contributed by atoms with Crippen LogP contribution >= 0.6 is 0 Å². The lowest BCUT2D eigenvalue weighted by molar-refractivity contribution is 1.17. The Labute approximate surface area is 123 Å². The van der Waals surface area contributed by atoms with Gasteiger partial charge in [-0.2, -0.15) is 0 Å². The molecule has 102 valence electrons. The predicted molar refractivity (Wildman–Crippen MR) is 84.9 cm³/mol. The van der Waals surface area contributed by atoms with Crippen molar-refractivity contribution >= 4 is 23.7 Å². The molecule has 0 unspecified atom stereocenters. The Hall–Kier alpha value is -3.01. The Bertz CT molecular complexity index is 707. The second kappa shape index (κ2) is 6.43. The maximum atomic E-state index is 4.25. The maximum Gasteiger partial charge on any atom is 0.133 e. The molecule has 4 heteroatoms. The Morgan fingerprint density at radius 1 is 0.810 bits per heavy atom. The minimum absolute atomic E-state index is 0.779. The van der Waals surface area contributed by atoms with Gasteiger partial charge in [0, 0.05) is 18.1 Å². The van der Waals surface area contributed by atoms with Crippen LogP contribution in [0.15, 0.2) is 67.3 Å². The molecule has 0 aliphatic rings. The number of rotatable bonds is 4. The summed E-state index contributed by atoms with van der Waals surface area (Å²) in [5.74, 6) is 0.779. The minimum Gasteiger partial charge on any atom is -0.340 e. The van der Waals surface area contributed by atoms with Crippen LogP contribution in [0.3, 0.4) is 0 Å². The summed E-state index contributed by atoms with van der Waals surface area (Å²) in [7, 11) is 0. The van der Waals surface area contributed by atoms with Crippen molar-refractivity contribution in [1.82, 2.24) is 15.0 Å². The third-order valence-corrected chi connectivity index (χ3v) is 2.90. The van der Waals surface area contributed by atoms with Crippen LogP contribution in [0.1, 0.15) is 11.3 Å². The highest BCUT2D eigenvalue weighted by molar-refractivity contribution is 5.69. The normalized spacial score (nSPS) is 10.7. The van der Waals surface area contributed by atoms with Crippen molar-refractivity contribution in [3.63, 3.8) is 0 Å². The lowest BCUT2D eigenvalue weighted by atomic mass is 10.2. The highest BCUT2D eigenvalue weighted by atomic mass is 15.0. The summed E-state index contributed by atoms with van der Waals surface area (Å²) in [6.45, 7) is 0. The molecule has 0 saturated carbocycles. The van der Waals surface area contributed by atoms with Gasteiger partial charge in [-0.15, -0.1) is 0 Å². The van der Waals surface area contributed by atoms with Crippen molar-refractivity contribution in [1.29, 1.82) is 0 Å². The van der Waals surface area contributed by atoms with E-state index in [9.17, 15) is 0 Å². The maximum absolute atomic E-state index is 4.25. The second-order valence-electron chi connectivity index (χ2n) is 4.43. The van der Waals surface area contributed by atoms with Gasteiger partial charge in [-0.1, -0.05) is 24.3 Å². The second-order valence-corrected chi connectivity index (χ2v) is 4.43. The van der Waals surface area contributed by atoms with Crippen molar-refractivity contribution in [2.75, 3.05) is 5.32 Å². The predicted octanol–water partition coefficient (Wildman–Crippen LogP) is 3.79. The monoisotopic (exact) mass is 274 g/mol. The van der Waals surface area contributed by atoms with Gasteiger partial charge in [0.25, 0.3) is 0 Å². The summed E-state index contributed by atoms with van der Waals surface area (Å²) in [4.78, 5) is 12.3. The molecule has 0 aliphatic carbocycles. The van der Waals surface area contributed by atoms with Gasteiger partial charge in [-0.25, -0.2) is 9.97 Å². The van der Waals surface area contributed by atoms with Crippen LogP contribution in [0.2, 0.25) is 0 Å². The van der Waals surface area contributed by atoms with Gasteiger partial charge in [0.15, 0.2) is 0 Å². The molecule has 2 heterocycles. The van der Waals surface area contributed by atoms with Crippen molar-refractivity contribution in [2.24, 2.45) is 0 Å². The van der Waals surface area contributed by atoms with Gasteiger partial charge in [0.2, 0.25) is 0 Å². The largest absolute Gasteiger partial charge is 0.340 e. The van der Waals surface area contributed by atoms with E-state index in [0.717, 1.165) is 22.8 Å². The molecule has 0 saturated heterocycles. The van der Waals surface area contributed by atoms with Crippen molar-refractivity contribution in [3.8, 4) is 0 Å². The summed E-state index contributed by atoms with van der Waals surface area (Å²) in [6.07, 6.45) is 9.05. The molecule has 0 radical (unpaired) electrons. The van der Waals surface area contributed by atoms with E-state index in [1.54, 1.807) is 12.4 Å². The zero-order chi connectivity index (χ0) is 14.3. The average molecular weight is 274 g/mol. The van der Waals surface area contributed by atoms with Crippen molar-refractivity contribution < 1.29 is 0 Å². The summed E-state index contributed by atoms with van der Waals surface area (Å²) < 4.78 is 0. The first-order chi connectivity index (χ1) is 10.4. The molecule has 3 aromatic rings. The summed E-state index contributed by atoms with van der Waals surface area (Å²) in [5.41, 5.74) is 3.05. The molecule has 3 rings (SSSR count). The fourth-order valence-electron chi connectivity index (χ4n) is 1.85. The Morgan fingerprint density at radius 3 is 2.43 bits per heavy atom. The van der Waals surface area contributed by atoms with E-state index in [4.69, 9.17) is 0 Å². The van der Waals surface area contributed by atoms with Gasteiger partial charge in [-0.3, -0.25) is 4.98 Å². The average Bonchev–Trinajstić information content (AvgIpc) is 2.56. The van der Waals surface area contributed by atoms with Crippen LogP contribution in [0, 0.1) is 0 Å². The highest BCUT2D eigenvalue weighted by Gasteiger charge is 1.95. The highest BCUT2D eigenvalue weighted by Crippen LogP contribution is 2.15. The van der Waals surface area contributed by atoms with E-state index in [1.165, 1.54) is 6.33 Å². The van der Waals surface area contributed by atoms with Crippen LogP contribution in [0.4, 0.5) is 11.5 Å². The lowest BCUT2D eigenvalue weighted by Crippen LogP contribution is -1.92. The van der Waals surface area contributed by atoms with Crippen LogP contribution in [0.5, 0.6) is 0 Å². The summed E-state index contributed by atoms with van der Waals surface area (Å²) in [6, 6.07) is 15.8. The first-order valence-electron chi connectivity index (χ1n) is 6.62. The number of pyridine rings is 1. The zero-order valence-corrected chi connectivity index (χ0v) is 11.3. The number of hydrogen-bond acceptors (Lipinski definition) is 4. The van der Waals surface area contributed by atoms with Crippen LogP contribution in [-0.2, 0) is 0 Å². The van der Waals surface area contributed by atoms with Gasteiger partial charge in [0.1, 0.15) is 12.1 Å². The fourth-order valence-corrected chi connectivity index (χ4v) is 1.85. The number of benzene rings is 1. The van der Waals surface area contributed by atoms with Gasteiger partial charge >= 0.3 is 0 Å². The molecule has 0 fully saturated rings. The molecule has 0 atom stereocenters. The quantitative estimate of drug-likeness (QED) is 0.786. The van der Waals surface area contributed by atoms with Gasteiger partial charge < -0.3 is 5.32 Å². The molecule has 0 spiro atoms. The Kier molecular flexibility index (Phi) is 3.98. The van der Waals surface area contributed by atoms with E-state index in [1.807, 2.05) is 60.7 Å². The molecular formula is C17H14N4. The zero-order valence-electron chi connectivity index (χ0n) is 11.3. The number of hydrogen-bond donors (Lipinski definition) is 1. The van der Waals surface area contributed by atoms with Crippen LogP contribution < -0.4 is 5.32 Å². The van der Waals surface area contributed by atoms with Crippen molar-refractivity contribution in [2.45, 2.75) is 0 Å². The number of anilines is 2. The van der Waals surface area contributed by atoms with E-state index in [-0.39, 0.29) is 0 Å². The third-order valence-electron chi connectivity index (χ3n) is 2.90. The minimum atomic E-state index is 0.779. The van der Waals surface area contributed by atoms with Crippen LogP contribution in [0.25, 0.3) is 12.2 Å². The number of nitrogens with one attached hydrogen (secondary N) is 1. The Morgan fingerprint density at radius 2 is 1.71 bits per heavy atom. The van der Waals surface area contributed by atoms with E-state index in [0.29, 0.717) is 0 Å². The summed E-state index contributed by atoms with van der Waals surface area (Å²) >= 11 is 0. The molecule has 1 aromatic carbocycles. The molecule has 0 bridgehead atoms. The first-order valence-corrected chi connectivity index (χ1v) is 6.62.